The first kappa shape index (κ1) is 51.0. The Balaban J connectivity index is 0.00000106. The van der Waals surface area contributed by atoms with Crippen molar-refractivity contribution >= 4 is 17.4 Å². The molecule has 0 spiro atoms. The smallest absolute Gasteiger partial charge is 0.370 e. The minimum atomic E-state index is -3.42. The lowest BCUT2D eigenvalue weighted by molar-refractivity contribution is -0.802. The minimum absolute atomic E-state index is 0.148. The molecular weight excluding hydrogens is 697 g/mol. The number of ketones is 1. The first-order valence-corrected chi connectivity index (χ1v) is 20.9. The first-order chi connectivity index (χ1) is 26.5. The minimum Gasteiger partial charge on any atom is -0.370 e. The number of anilines is 1. The summed E-state index contributed by atoms with van der Waals surface area (Å²) in [6, 6.07) is 7.85. The second-order valence-electron chi connectivity index (χ2n) is 14.5. The highest BCUT2D eigenvalue weighted by Gasteiger charge is 2.72. The number of primary amides is 1. The van der Waals surface area contributed by atoms with Gasteiger partial charge < -0.3 is 11.1 Å². The number of carbonyl (C=O) groups excluding carboxylic acids is 2. The van der Waals surface area contributed by atoms with Crippen molar-refractivity contribution in [3.8, 4) is 23.7 Å². The Morgan fingerprint density at radius 2 is 0.964 bits per heavy atom. The molecule has 0 saturated carbocycles. The SMILES string of the molecule is CCCCCCCCCC(=O)C(N)(Nc1ccccc1)C(N)([N+](=O)[O-])[N+](=O)[O-].CCCCCCCCCCCCC#CC#CCCCCCCCCC(N)=O. The summed E-state index contributed by atoms with van der Waals surface area (Å²) in [5, 5.41) is 25.3. The van der Waals surface area contributed by atoms with Crippen molar-refractivity contribution in [3.05, 3.63) is 50.6 Å². The number of rotatable bonds is 32. The fourth-order valence-electron chi connectivity index (χ4n) is 6.04. The number of nitro groups is 2. The number of nitrogens with two attached hydrogens (primary N) is 3. The number of amides is 1. The summed E-state index contributed by atoms with van der Waals surface area (Å²) in [5.41, 5.74) is 14.1. The number of benzene rings is 1. The van der Waals surface area contributed by atoms with Gasteiger partial charge in [0.25, 0.3) is 0 Å². The molecule has 0 aromatic heterocycles. The molecular formula is C43H72N6O6. The largest absolute Gasteiger partial charge is 0.561 e. The maximum Gasteiger partial charge on any atom is 0.561 e. The number of hydrogen-bond acceptors (Lipinski definition) is 9. The molecule has 0 radical (unpaired) electrons. The molecule has 1 aromatic carbocycles. The van der Waals surface area contributed by atoms with Crippen LogP contribution in [0.5, 0.6) is 0 Å². The summed E-state index contributed by atoms with van der Waals surface area (Å²) in [6.45, 7) is 4.39. The van der Waals surface area contributed by atoms with E-state index >= 15 is 0 Å². The summed E-state index contributed by atoms with van der Waals surface area (Å²) >= 11 is 0. The molecule has 1 aromatic rings. The molecule has 0 bridgehead atoms. The zero-order valence-corrected chi connectivity index (χ0v) is 34.1. The number of nitrogens with zero attached hydrogens (tertiary/aromatic N) is 2. The number of para-hydroxylation sites is 1. The maximum absolute atomic E-state index is 12.8. The third-order valence-corrected chi connectivity index (χ3v) is 9.57. The van der Waals surface area contributed by atoms with Crippen LogP contribution < -0.4 is 22.5 Å². The zero-order valence-electron chi connectivity index (χ0n) is 34.1. The van der Waals surface area contributed by atoms with E-state index in [9.17, 15) is 29.8 Å². The van der Waals surface area contributed by atoms with Gasteiger partial charge in [0.15, 0.2) is 5.78 Å². The summed E-state index contributed by atoms with van der Waals surface area (Å²) in [4.78, 5) is 43.6. The number of unbranched alkanes of at least 4 members (excludes halogenated alkanes) is 22. The van der Waals surface area contributed by atoms with E-state index in [0.717, 1.165) is 70.6 Å². The average Bonchev–Trinajstić information content (AvgIpc) is 3.16. The van der Waals surface area contributed by atoms with E-state index in [1.165, 1.54) is 95.6 Å². The van der Waals surface area contributed by atoms with Crippen LogP contribution in [0.3, 0.4) is 0 Å². The van der Waals surface area contributed by atoms with Gasteiger partial charge >= 0.3 is 11.4 Å². The average molecular weight is 769 g/mol. The van der Waals surface area contributed by atoms with E-state index in [1.54, 1.807) is 18.2 Å². The van der Waals surface area contributed by atoms with E-state index in [2.05, 4.69) is 42.8 Å². The van der Waals surface area contributed by atoms with Gasteiger partial charge in [-0.1, -0.05) is 166 Å². The lowest BCUT2D eigenvalue weighted by Gasteiger charge is -2.32. The molecule has 0 heterocycles. The maximum atomic E-state index is 12.8. The molecule has 1 atom stereocenters. The zero-order chi connectivity index (χ0) is 41.0. The topological polar surface area (TPSA) is 211 Å². The molecule has 0 saturated heterocycles. The van der Waals surface area contributed by atoms with Gasteiger partial charge in [-0.2, -0.15) is 5.73 Å². The Kier molecular flexibility index (Phi) is 30.9. The van der Waals surface area contributed by atoms with Crippen LogP contribution in [0.15, 0.2) is 30.3 Å². The Morgan fingerprint density at radius 3 is 1.35 bits per heavy atom. The van der Waals surface area contributed by atoms with E-state index < -0.39 is 27.1 Å². The Bertz CT molecular complexity index is 1310. The Hall–Kier alpha value is -4.00. The van der Waals surface area contributed by atoms with Gasteiger partial charge in [0.2, 0.25) is 5.91 Å². The third kappa shape index (κ3) is 24.2. The molecule has 0 aliphatic heterocycles. The van der Waals surface area contributed by atoms with Crippen LogP contribution in [0, 0.1) is 43.9 Å². The van der Waals surface area contributed by atoms with Crippen LogP contribution in [-0.4, -0.2) is 33.0 Å². The number of Topliss-reactive ketones (excluding diaryl/α,β-unsaturated/α-hetero) is 1. The summed E-state index contributed by atoms with van der Waals surface area (Å²) in [5.74, 6) is 7.84. The fraction of sp³-hybridized carbons (Fsp3) is 0.721. The highest BCUT2D eigenvalue weighted by Crippen LogP contribution is 2.26. The number of nitrogens with one attached hydrogen (secondary N) is 1. The second kappa shape index (κ2) is 33.3. The monoisotopic (exact) mass is 769 g/mol. The normalized spacial score (nSPS) is 11.8. The molecule has 12 heteroatoms. The second-order valence-corrected chi connectivity index (χ2v) is 14.5. The fourth-order valence-corrected chi connectivity index (χ4v) is 6.04. The third-order valence-electron chi connectivity index (χ3n) is 9.57. The van der Waals surface area contributed by atoms with Crippen molar-refractivity contribution in [1.82, 2.24) is 0 Å². The number of carbonyl (C=O) groups is 2. The molecule has 1 amide bonds. The van der Waals surface area contributed by atoms with E-state index in [-0.39, 0.29) is 18.0 Å². The standard InChI is InChI=1S/C25H43NO.C18H29N5O5/c1-2-3-4-5-6-7-8-9-10-11-12-13-14-15-16-17-18-19-20-21-22-23-24-25(26)27;1-2-3-4-5-6-7-11-14-16(24)17(19,18(20,22(25)26)23(27)28)21-15-12-9-8-10-13-15/h2-12,17-24H2,1H3,(H2,26,27);8-10,12-13,21H,2-7,11,14,19-20H2,1H3. The van der Waals surface area contributed by atoms with E-state index in [4.69, 9.17) is 17.2 Å². The van der Waals surface area contributed by atoms with Crippen molar-refractivity contribution in [2.24, 2.45) is 17.2 Å². The molecule has 0 fully saturated rings. The summed E-state index contributed by atoms with van der Waals surface area (Å²) in [6.07, 6.45) is 29.4. The van der Waals surface area contributed by atoms with Gasteiger partial charge in [0.05, 0.1) is 0 Å². The van der Waals surface area contributed by atoms with Gasteiger partial charge in [-0.3, -0.25) is 35.6 Å². The van der Waals surface area contributed by atoms with Crippen molar-refractivity contribution in [1.29, 1.82) is 0 Å². The first-order valence-electron chi connectivity index (χ1n) is 20.9. The lowest BCUT2D eigenvalue weighted by Crippen LogP contribution is -2.80. The molecule has 310 valence electrons. The van der Waals surface area contributed by atoms with Gasteiger partial charge in [0.1, 0.15) is 9.85 Å². The van der Waals surface area contributed by atoms with Crippen molar-refractivity contribution in [2.75, 3.05) is 5.32 Å². The van der Waals surface area contributed by atoms with Crippen molar-refractivity contribution < 1.29 is 19.4 Å². The van der Waals surface area contributed by atoms with Crippen LogP contribution in [0.4, 0.5) is 5.69 Å². The molecule has 0 aliphatic rings. The Labute approximate surface area is 331 Å². The lowest BCUT2D eigenvalue weighted by atomic mass is 9.92. The summed E-state index contributed by atoms with van der Waals surface area (Å²) in [7, 11) is 0. The summed E-state index contributed by atoms with van der Waals surface area (Å²) < 4.78 is 0. The quantitative estimate of drug-likeness (QED) is 0.0180. The van der Waals surface area contributed by atoms with Crippen LogP contribution in [-0.2, 0) is 9.59 Å². The van der Waals surface area contributed by atoms with Crippen molar-refractivity contribution in [2.45, 2.75) is 199 Å². The number of hydrogen-bond donors (Lipinski definition) is 4. The van der Waals surface area contributed by atoms with Gasteiger partial charge in [-0.15, -0.1) is 0 Å². The molecule has 0 aliphatic carbocycles. The van der Waals surface area contributed by atoms with Gasteiger partial charge in [0, 0.05) is 31.4 Å². The van der Waals surface area contributed by atoms with Gasteiger partial charge in [-0.05, 0) is 49.7 Å². The van der Waals surface area contributed by atoms with Crippen LogP contribution in [0.1, 0.15) is 187 Å². The van der Waals surface area contributed by atoms with Crippen molar-refractivity contribution in [3.63, 3.8) is 0 Å². The van der Waals surface area contributed by atoms with Crippen LogP contribution >= 0.6 is 0 Å². The molecule has 55 heavy (non-hydrogen) atoms. The highest BCUT2D eigenvalue weighted by atomic mass is 16.7. The molecule has 12 nitrogen and oxygen atoms in total. The van der Waals surface area contributed by atoms with Crippen LogP contribution in [0.2, 0.25) is 0 Å². The predicted octanol–water partition coefficient (Wildman–Crippen LogP) is 9.54. The van der Waals surface area contributed by atoms with E-state index in [1.807, 2.05) is 0 Å². The molecule has 7 N–H and O–H groups in total. The van der Waals surface area contributed by atoms with Gasteiger partial charge in [-0.25, -0.2) is 0 Å². The van der Waals surface area contributed by atoms with Crippen LogP contribution in [0.25, 0.3) is 0 Å². The highest BCUT2D eigenvalue weighted by molar-refractivity contribution is 5.91. The molecule has 1 unspecified atom stereocenters. The predicted molar refractivity (Wildman–Crippen MR) is 224 cm³/mol. The molecule has 1 rings (SSSR count). The Morgan fingerprint density at radius 1 is 0.600 bits per heavy atom. The van der Waals surface area contributed by atoms with E-state index in [0.29, 0.717) is 12.8 Å².